The van der Waals surface area contributed by atoms with Gasteiger partial charge in [-0.3, -0.25) is 4.79 Å². The van der Waals surface area contributed by atoms with E-state index in [4.69, 9.17) is 0 Å². The Morgan fingerprint density at radius 1 is 1.24 bits per heavy atom. The van der Waals surface area contributed by atoms with Crippen LogP contribution < -0.4 is 10.6 Å². The van der Waals surface area contributed by atoms with Crippen molar-refractivity contribution in [2.45, 2.75) is 57.9 Å². The smallest absolute Gasteiger partial charge is 0.225 e. The van der Waals surface area contributed by atoms with Gasteiger partial charge in [0.15, 0.2) is 0 Å². The van der Waals surface area contributed by atoms with Crippen LogP contribution in [0.2, 0.25) is 0 Å². The fraction of sp³-hybridized carbons (Fsp3) is 0.588. The zero-order chi connectivity index (χ0) is 15.1. The number of hydrogen-bond acceptors (Lipinski definition) is 2. The van der Waals surface area contributed by atoms with Gasteiger partial charge < -0.3 is 10.6 Å². The number of carbonyl (C=O) groups excluding carboxylic acids is 1. The van der Waals surface area contributed by atoms with Gasteiger partial charge in [-0.25, -0.2) is 0 Å². The topological polar surface area (TPSA) is 41.1 Å². The number of amides is 1. The van der Waals surface area contributed by atoms with Crippen LogP contribution in [0.15, 0.2) is 22.7 Å². The summed E-state index contributed by atoms with van der Waals surface area (Å²) >= 11 is 3.48. The molecule has 1 amide bonds. The van der Waals surface area contributed by atoms with Crippen molar-refractivity contribution in [1.29, 1.82) is 0 Å². The van der Waals surface area contributed by atoms with Crippen molar-refractivity contribution in [2.75, 3.05) is 11.9 Å². The van der Waals surface area contributed by atoms with Crippen LogP contribution in [-0.4, -0.2) is 18.5 Å². The Kier molecular flexibility index (Phi) is 6.71. The third kappa shape index (κ3) is 5.79. The molecule has 4 heteroatoms. The molecule has 0 radical (unpaired) electrons. The number of halogens is 1. The van der Waals surface area contributed by atoms with Gasteiger partial charge in [0, 0.05) is 23.5 Å². The lowest BCUT2D eigenvalue weighted by molar-refractivity contribution is -0.116. The maximum atomic E-state index is 12.0. The molecule has 0 spiro atoms. The maximum absolute atomic E-state index is 12.0. The predicted molar refractivity (Wildman–Crippen MR) is 91.6 cm³/mol. The number of aryl methyl sites for hydroxylation is 1. The molecule has 1 aromatic rings. The highest BCUT2D eigenvalue weighted by atomic mass is 79.9. The van der Waals surface area contributed by atoms with Crippen LogP contribution in [0.3, 0.4) is 0 Å². The average molecular weight is 353 g/mol. The van der Waals surface area contributed by atoms with Crippen molar-refractivity contribution in [3.05, 3.63) is 28.2 Å². The van der Waals surface area contributed by atoms with Crippen molar-refractivity contribution in [2.24, 2.45) is 0 Å². The van der Waals surface area contributed by atoms with Gasteiger partial charge in [0.1, 0.15) is 0 Å². The van der Waals surface area contributed by atoms with Crippen LogP contribution in [0, 0.1) is 6.92 Å². The SMILES string of the molecule is Cc1ccc(NC(=O)CCNC2CCCCCC2)c(Br)c1. The minimum absolute atomic E-state index is 0.0701. The summed E-state index contributed by atoms with van der Waals surface area (Å²) in [4.78, 5) is 12.0. The van der Waals surface area contributed by atoms with Crippen molar-refractivity contribution in [1.82, 2.24) is 5.32 Å². The van der Waals surface area contributed by atoms with Crippen molar-refractivity contribution in [3.63, 3.8) is 0 Å². The Morgan fingerprint density at radius 3 is 2.62 bits per heavy atom. The monoisotopic (exact) mass is 352 g/mol. The molecule has 0 bridgehead atoms. The Morgan fingerprint density at radius 2 is 1.95 bits per heavy atom. The van der Waals surface area contributed by atoms with Crippen molar-refractivity contribution >= 4 is 27.5 Å². The maximum Gasteiger partial charge on any atom is 0.225 e. The molecule has 21 heavy (non-hydrogen) atoms. The second kappa shape index (κ2) is 8.54. The van der Waals surface area contributed by atoms with Gasteiger partial charge in [0.25, 0.3) is 0 Å². The van der Waals surface area contributed by atoms with E-state index in [1.165, 1.54) is 44.1 Å². The van der Waals surface area contributed by atoms with Crippen LogP contribution >= 0.6 is 15.9 Å². The van der Waals surface area contributed by atoms with Crippen LogP contribution in [0.4, 0.5) is 5.69 Å². The summed E-state index contributed by atoms with van der Waals surface area (Å²) in [6, 6.07) is 6.56. The fourth-order valence-corrected chi connectivity index (χ4v) is 3.40. The molecule has 3 nitrogen and oxygen atoms in total. The van der Waals surface area contributed by atoms with Gasteiger partial charge in [0.2, 0.25) is 5.91 Å². The van der Waals surface area contributed by atoms with E-state index < -0.39 is 0 Å². The van der Waals surface area contributed by atoms with Gasteiger partial charge in [-0.15, -0.1) is 0 Å². The largest absolute Gasteiger partial charge is 0.325 e. The molecule has 0 atom stereocenters. The normalized spacial score (nSPS) is 16.5. The van der Waals surface area contributed by atoms with Crippen LogP contribution in [0.25, 0.3) is 0 Å². The summed E-state index contributed by atoms with van der Waals surface area (Å²) in [5.74, 6) is 0.0701. The molecule has 1 aromatic carbocycles. The molecule has 1 aliphatic carbocycles. The number of benzene rings is 1. The summed E-state index contributed by atoms with van der Waals surface area (Å²) < 4.78 is 0.938. The molecular formula is C17H25BrN2O. The highest BCUT2D eigenvalue weighted by Crippen LogP contribution is 2.23. The highest BCUT2D eigenvalue weighted by molar-refractivity contribution is 9.10. The first-order chi connectivity index (χ1) is 10.1. The van der Waals surface area contributed by atoms with E-state index in [2.05, 4.69) is 26.6 Å². The summed E-state index contributed by atoms with van der Waals surface area (Å²) in [5.41, 5.74) is 2.02. The van der Waals surface area contributed by atoms with Crippen LogP contribution in [0.5, 0.6) is 0 Å². The number of rotatable bonds is 5. The van der Waals surface area contributed by atoms with Gasteiger partial charge >= 0.3 is 0 Å². The first-order valence-corrected chi connectivity index (χ1v) is 8.74. The Balaban J connectivity index is 1.71. The predicted octanol–water partition coefficient (Wildman–Crippen LogP) is 4.40. The Labute approximate surface area is 136 Å². The number of hydrogen-bond donors (Lipinski definition) is 2. The minimum Gasteiger partial charge on any atom is -0.325 e. The molecule has 0 saturated heterocycles. The third-order valence-corrected chi connectivity index (χ3v) is 4.70. The second-order valence-corrected chi connectivity index (χ2v) is 6.78. The number of anilines is 1. The lowest BCUT2D eigenvalue weighted by Crippen LogP contribution is -2.31. The zero-order valence-electron chi connectivity index (χ0n) is 12.8. The first kappa shape index (κ1) is 16.5. The van der Waals surface area contributed by atoms with Gasteiger partial charge in [0.05, 0.1) is 5.69 Å². The van der Waals surface area contributed by atoms with E-state index in [0.29, 0.717) is 12.5 Å². The summed E-state index contributed by atoms with van der Waals surface area (Å²) in [6.45, 7) is 2.80. The number of carbonyl (C=O) groups is 1. The average Bonchev–Trinajstić information content (AvgIpc) is 2.71. The van der Waals surface area contributed by atoms with Gasteiger partial charge in [-0.05, 0) is 53.4 Å². The molecule has 2 N–H and O–H groups in total. The van der Waals surface area contributed by atoms with E-state index in [0.717, 1.165) is 16.7 Å². The first-order valence-electron chi connectivity index (χ1n) is 7.94. The van der Waals surface area contributed by atoms with Gasteiger partial charge in [-0.1, -0.05) is 31.7 Å². The molecule has 0 aromatic heterocycles. The molecule has 1 aliphatic rings. The minimum atomic E-state index is 0.0701. The third-order valence-electron chi connectivity index (χ3n) is 4.04. The molecule has 116 valence electrons. The molecule has 0 unspecified atom stereocenters. The van der Waals surface area contributed by atoms with E-state index in [-0.39, 0.29) is 5.91 Å². The molecular weight excluding hydrogens is 328 g/mol. The Hall–Kier alpha value is -0.870. The molecule has 1 saturated carbocycles. The second-order valence-electron chi connectivity index (χ2n) is 5.92. The molecule has 1 fully saturated rings. The van der Waals surface area contributed by atoms with Crippen molar-refractivity contribution < 1.29 is 4.79 Å². The summed E-state index contributed by atoms with van der Waals surface area (Å²) in [7, 11) is 0. The summed E-state index contributed by atoms with van der Waals surface area (Å²) in [6.07, 6.45) is 8.40. The fourth-order valence-electron chi connectivity index (χ4n) is 2.81. The van der Waals surface area contributed by atoms with Crippen LogP contribution in [-0.2, 0) is 4.79 Å². The van der Waals surface area contributed by atoms with Crippen molar-refractivity contribution in [3.8, 4) is 0 Å². The standard InChI is InChI=1S/C17H25BrN2O/c1-13-8-9-16(15(18)12-13)20-17(21)10-11-19-14-6-4-2-3-5-7-14/h8-9,12,14,19H,2-7,10-11H2,1H3,(H,20,21). The van der Waals surface area contributed by atoms with E-state index in [1.54, 1.807) is 0 Å². The van der Waals surface area contributed by atoms with E-state index in [9.17, 15) is 4.79 Å². The van der Waals surface area contributed by atoms with Gasteiger partial charge in [-0.2, -0.15) is 0 Å². The molecule has 2 rings (SSSR count). The summed E-state index contributed by atoms with van der Waals surface area (Å²) in [5, 5.41) is 6.49. The van der Waals surface area contributed by atoms with E-state index in [1.807, 2.05) is 25.1 Å². The zero-order valence-corrected chi connectivity index (χ0v) is 14.3. The number of nitrogens with one attached hydrogen (secondary N) is 2. The lowest BCUT2D eigenvalue weighted by atomic mass is 10.1. The molecule has 0 heterocycles. The highest BCUT2D eigenvalue weighted by Gasteiger charge is 2.12. The molecule has 0 aliphatic heterocycles. The quantitative estimate of drug-likeness (QED) is 0.771. The lowest BCUT2D eigenvalue weighted by Gasteiger charge is -2.16. The Bertz CT molecular complexity index is 468. The van der Waals surface area contributed by atoms with E-state index >= 15 is 0 Å². The van der Waals surface area contributed by atoms with Crippen LogP contribution in [0.1, 0.15) is 50.5 Å².